The molecule has 0 aliphatic rings. The number of ether oxygens (including phenoxy) is 9. The monoisotopic (exact) mass is 741 g/mol. The van der Waals surface area contributed by atoms with Crippen LogP contribution in [0.25, 0.3) is 0 Å². The minimum atomic E-state index is 0.0342. The first-order valence-corrected chi connectivity index (χ1v) is 14.0. The van der Waals surface area contributed by atoms with Crippen LogP contribution in [0.1, 0.15) is 0 Å². The van der Waals surface area contributed by atoms with Crippen LogP contribution in [0.5, 0.6) is 18.0 Å². The Morgan fingerprint density at radius 1 is 0.385 bits per heavy atom. The Bertz CT molecular complexity index is 812. The lowest BCUT2D eigenvalue weighted by atomic mass is 10.7. The molecule has 1 rings (SSSR count). The SMILES string of the molecule is BrC#CCOCCOCCOc1nc(OCCOCCOCC#CBr)nc(OCCOCCOCC#CBr)n1. The van der Waals surface area contributed by atoms with Gasteiger partial charge in [0, 0.05) is 47.8 Å². The van der Waals surface area contributed by atoms with Crippen LogP contribution in [-0.2, 0) is 28.4 Å². The van der Waals surface area contributed by atoms with E-state index in [-0.39, 0.29) is 37.9 Å². The Balaban J connectivity index is 2.42. The molecule has 0 aromatic carbocycles. The van der Waals surface area contributed by atoms with Gasteiger partial charge in [-0.1, -0.05) is 17.8 Å². The summed E-state index contributed by atoms with van der Waals surface area (Å²) in [5, 5.41) is 0. The molecule has 0 atom stereocenters. The van der Waals surface area contributed by atoms with Crippen LogP contribution in [0.15, 0.2) is 0 Å². The molecule has 0 aliphatic heterocycles. The molecule has 0 aliphatic carbocycles. The van der Waals surface area contributed by atoms with Gasteiger partial charge in [0.2, 0.25) is 0 Å². The van der Waals surface area contributed by atoms with Crippen molar-refractivity contribution in [1.29, 1.82) is 0 Å². The normalized spacial score (nSPS) is 9.92. The fourth-order valence-electron chi connectivity index (χ4n) is 2.20. The first-order chi connectivity index (χ1) is 19.3. The standard InChI is InChI=1S/C24H30Br3N3O9/c25-4-1-7-31-10-13-34-16-19-37-22-28-23(38-20-17-35-14-11-32-8-2-5-26)30-24(29-22)39-21-18-36-15-12-33-9-3-6-27/h7-21H2. The Labute approximate surface area is 253 Å². The smallest absolute Gasteiger partial charge is 0.325 e. The first kappa shape index (κ1) is 35.3. The van der Waals surface area contributed by atoms with Crippen molar-refractivity contribution in [3.05, 3.63) is 0 Å². The second-order valence-electron chi connectivity index (χ2n) is 6.54. The Morgan fingerprint density at radius 3 is 0.923 bits per heavy atom. The Morgan fingerprint density at radius 2 is 0.641 bits per heavy atom. The van der Waals surface area contributed by atoms with E-state index in [1.54, 1.807) is 0 Å². The van der Waals surface area contributed by atoms with Crippen molar-refractivity contribution in [3.8, 4) is 50.3 Å². The molecule has 39 heavy (non-hydrogen) atoms. The molecule has 15 heteroatoms. The number of halogens is 3. The van der Waals surface area contributed by atoms with E-state index >= 15 is 0 Å². The van der Waals surface area contributed by atoms with E-state index in [2.05, 4.69) is 95.0 Å². The fourth-order valence-corrected chi connectivity index (χ4v) is 2.54. The molecule has 216 valence electrons. The zero-order valence-electron chi connectivity index (χ0n) is 21.3. The minimum absolute atomic E-state index is 0.0342. The van der Waals surface area contributed by atoms with Crippen molar-refractivity contribution < 1.29 is 42.6 Å². The summed E-state index contributed by atoms with van der Waals surface area (Å²) >= 11 is 8.99. The van der Waals surface area contributed by atoms with Crippen LogP contribution in [0.3, 0.4) is 0 Å². The van der Waals surface area contributed by atoms with E-state index in [9.17, 15) is 0 Å². The van der Waals surface area contributed by atoms with Crippen molar-refractivity contribution in [2.75, 3.05) is 99.1 Å². The van der Waals surface area contributed by atoms with E-state index in [4.69, 9.17) is 42.6 Å². The topological polar surface area (TPSA) is 122 Å². The maximum Gasteiger partial charge on any atom is 0.325 e. The van der Waals surface area contributed by atoms with Gasteiger partial charge in [-0.3, -0.25) is 0 Å². The molecule has 0 radical (unpaired) electrons. The molecular weight excluding hydrogens is 714 g/mol. The summed E-state index contributed by atoms with van der Waals surface area (Å²) in [5.41, 5.74) is 0. The van der Waals surface area contributed by atoms with E-state index < -0.39 is 0 Å². The lowest BCUT2D eigenvalue weighted by Gasteiger charge is -2.11. The molecule has 12 nitrogen and oxygen atoms in total. The molecule has 0 saturated heterocycles. The first-order valence-electron chi connectivity index (χ1n) is 11.7. The number of aromatic nitrogens is 3. The third-order valence-corrected chi connectivity index (χ3v) is 4.63. The summed E-state index contributed by atoms with van der Waals surface area (Å²) in [6.45, 7) is 4.98. The van der Waals surface area contributed by atoms with E-state index in [0.29, 0.717) is 79.3 Å². The van der Waals surface area contributed by atoms with Crippen LogP contribution in [0.2, 0.25) is 0 Å². The van der Waals surface area contributed by atoms with Gasteiger partial charge in [0.25, 0.3) is 0 Å². The van der Waals surface area contributed by atoms with Gasteiger partial charge in [0.1, 0.15) is 39.6 Å². The van der Waals surface area contributed by atoms with E-state index in [1.807, 2.05) is 0 Å². The highest BCUT2D eigenvalue weighted by atomic mass is 79.9. The Hall–Kier alpha value is -1.71. The second-order valence-corrected chi connectivity index (χ2v) is 7.73. The third kappa shape index (κ3) is 22.8. The number of hydrogen-bond donors (Lipinski definition) is 0. The van der Waals surface area contributed by atoms with Crippen molar-refractivity contribution in [1.82, 2.24) is 15.0 Å². The molecule has 0 N–H and O–H groups in total. The maximum atomic E-state index is 5.57. The van der Waals surface area contributed by atoms with Crippen molar-refractivity contribution in [2.24, 2.45) is 0 Å². The summed E-state index contributed by atoms with van der Waals surface area (Å²) in [6.07, 6.45) is 0. The molecule has 0 unspecified atom stereocenters. The van der Waals surface area contributed by atoms with Crippen molar-refractivity contribution in [2.45, 2.75) is 0 Å². The molecule has 0 spiro atoms. The molecule has 1 aromatic heterocycles. The molecule has 1 heterocycles. The molecule has 0 amide bonds. The van der Waals surface area contributed by atoms with Gasteiger partial charge in [0.05, 0.1) is 59.5 Å². The van der Waals surface area contributed by atoms with Gasteiger partial charge in [-0.05, 0) is 14.5 Å². The number of rotatable bonds is 24. The molecule has 0 saturated carbocycles. The second kappa shape index (κ2) is 27.8. The predicted octanol–water partition coefficient (Wildman–Crippen LogP) is 2.18. The average molecular weight is 744 g/mol. The number of nitrogens with zero attached hydrogens (tertiary/aromatic N) is 3. The maximum absolute atomic E-state index is 5.57. The van der Waals surface area contributed by atoms with Gasteiger partial charge >= 0.3 is 18.0 Å². The van der Waals surface area contributed by atoms with Crippen LogP contribution < -0.4 is 14.2 Å². The highest BCUT2D eigenvalue weighted by molar-refractivity contribution is 9.12. The van der Waals surface area contributed by atoms with Crippen LogP contribution >= 0.6 is 47.8 Å². The highest BCUT2D eigenvalue weighted by Gasteiger charge is 2.10. The van der Waals surface area contributed by atoms with E-state index in [0.717, 1.165) is 0 Å². The lowest BCUT2D eigenvalue weighted by molar-refractivity contribution is 0.0402. The molecule has 1 aromatic rings. The van der Waals surface area contributed by atoms with Crippen molar-refractivity contribution >= 4 is 47.8 Å². The summed E-state index contributed by atoms with van der Waals surface area (Å²) in [7, 11) is 0. The number of hydrogen-bond acceptors (Lipinski definition) is 12. The van der Waals surface area contributed by atoms with Crippen LogP contribution in [0.4, 0.5) is 0 Å². The quantitative estimate of drug-likeness (QED) is 0.114. The summed E-state index contributed by atoms with van der Waals surface area (Å²) in [4.78, 5) is 20.2. The summed E-state index contributed by atoms with van der Waals surface area (Å²) in [5.74, 6) is 8.19. The van der Waals surface area contributed by atoms with Crippen LogP contribution in [0, 0.1) is 32.3 Å². The van der Waals surface area contributed by atoms with E-state index in [1.165, 1.54) is 0 Å². The minimum Gasteiger partial charge on any atom is -0.461 e. The zero-order valence-corrected chi connectivity index (χ0v) is 26.0. The summed E-state index contributed by atoms with van der Waals surface area (Å²) in [6, 6.07) is 0.102. The Kier molecular flexibility index (Phi) is 25.2. The van der Waals surface area contributed by atoms with Gasteiger partial charge in [0.15, 0.2) is 0 Å². The highest BCUT2D eigenvalue weighted by Crippen LogP contribution is 2.14. The molecular formula is C24H30Br3N3O9. The van der Waals surface area contributed by atoms with Crippen molar-refractivity contribution in [3.63, 3.8) is 0 Å². The van der Waals surface area contributed by atoms with Gasteiger partial charge in [-0.25, -0.2) is 0 Å². The zero-order chi connectivity index (χ0) is 28.1. The average Bonchev–Trinajstić information content (AvgIpc) is 2.94. The van der Waals surface area contributed by atoms with Gasteiger partial charge < -0.3 is 42.6 Å². The predicted molar refractivity (Wildman–Crippen MR) is 151 cm³/mol. The van der Waals surface area contributed by atoms with Gasteiger partial charge in [-0.15, -0.1) is 15.0 Å². The lowest BCUT2D eigenvalue weighted by Crippen LogP contribution is -2.16. The largest absolute Gasteiger partial charge is 0.461 e. The summed E-state index contributed by atoms with van der Waals surface area (Å²) < 4.78 is 48.8. The van der Waals surface area contributed by atoms with Gasteiger partial charge in [-0.2, -0.15) is 0 Å². The third-order valence-electron chi connectivity index (χ3n) is 3.79. The fraction of sp³-hybridized carbons (Fsp3) is 0.625. The molecule has 0 bridgehead atoms. The molecule has 0 fully saturated rings. The van der Waals surface area contributed by atoms with Crippen LogP contribution in [-0.4, -0.2) is 114 Å².